The van der Waals surface area contributed by atoms with Crippen LogP contribution in [0.3, 0.4) is 0 Å². The van der Waals surface area contributed by atoms with E-state index in [0.29, 0.717) is 12.1 Å². The van der Waals surface area contributed by atoms with E-state index in [1.165, 1.54) is 0 Å². The summed E-state index contributed by atoms with van der Waals surface area (Å²) >= 11 is 1.56. The first kappa shape index (κ1) is 9.62. The van der Waals surface area contributed by atoms with Crippen LogP contribution in [0.25, 0.3) is 0 Å². The Hall–Kier alpha value is -1.93. The molecule has 2 rings (SSSR count). The second kappa shape index (κ2) is 4.53. The predicted molar refractivity (Wildman–Crippen MR) is 58.4 cm³/mol. The van der Waals surface area contributed by atoms with Crippen molar-refractivity contribution in [3.8, 4) is 6.07 Å². The Labute approximate surface area is 91.2 Å². The van der Waals surface area contributed by atoms with Gasteiger partial charge in [0, 0.05) is 22.7 Å². The number of aromatic nitrogens is 2. The molecule has 0 saturated carbocycles. The molecule has 0 aliphatic carbocycles. The van der Waals surface area contributed by atoms with Crippen LogP contribution in [0.5, 0.6) is 0 Å². The van der Waals surface area contributed by atoms with Crippen LogP contribution in [0, 0.1) is 11.3 Å². The molecule has 2 aromatic heterocycles. The van der Waals surface area contributed by atoms with Crippen molar-refractivity contribution < 1.29 is 0 Å². The number of nitrogens with one attached hydrogen (secondary N) is 1. The van der Waals surface area contributed by atoms with Gasteiger partial charge in [-0.05, 0) is 6.07 Å². The van der Waals surface area contributed by atoms with Crippen LogP contribution in [0.15, 0.2) is 30.0 Å². The Balaban J connectivity index is 1.97. The van der Waals surface area contributed by atoms with Gasteiger partial charge < -0.3 is 5.32 Å². The first-order chi connectivity index (χ1) is 7.38. The largest absolute Gasteiger partial charge is 0.364 e. The van der Waals surface area contributed by atoms with E-state index in [1.807, 2.05) is 11.4 Å². The molecule has 0 aliphatic heterocycles. The number of nitrogens with zero attached hydrogens (tertiary/aromatic N) is 3. The Morgan fingerprint density at radius 1 is 1.47 bits per heavy atom. The van der Waals surface area contributed by atoms with Crippen LogP contribution in [-0.4, -0.2) is 9.97 Å². The van der Waals surface area contributed by atoms with Crippen LogP contribution in [0.2, 0.25) is 0 Å². The minimum absolute atomic E-state index is 0.672. The van der Waals surface area contributed by atoms with E-state index in [9.17, 15) is 0 Å². The fraction of sp³-hybridized carbons (Fsp3) is 0.100. The lowest BCUT2D eigenvalue weighted by Crippen LogP contribution is -1.99. The average molecular weight is 216 g/mol. The molecule has 4 nitrogen and oxygen atoms in total. The first-order valence-corrected chi connectivity index (χ1v) is 5.24. The third-order valence-corrected chi connectivity index (χ3v) is 2.73. The third-order valence-electron chi connectivity index (χ3n) is 1.79. The molecule has 0 spiro atoms. The smallest absolute Gasteiger partial charge is 0.144 e. The van der Waals surface area contributed by atoms with Gasteiger partial charge in [-0.1, -0.05) is 0 Å². The molecular formula is C10H8N4S. The van der Waals surface area contributed by atoms with Gasteiger partial charge >= 0.3 is 0 Å². The predicted octanol–water partition coefficient (Wildman–Crippen LogP) is 2.02. The number of hydrogen-bond acceptors (Lipinski definition) is 5. The summed E-state index contributed by atoms with van der Waals surface area (Å²) in [6.45, 7) is 0.672. The fourth-order valence-electron chi connectivity index (χ4n) is 1.10. The number of nitriles is 1. The highest BCUT2D eigenvalue weighted by atomic mass is 32.1. The van der Waals surface area contributed by atoms with Crippen LogP contribution in [-0.2, 0) is 6.54 Å². The van der Waals surface area contributed by atoms with E-state index in [0.717, 1.165) is 10.7 Å². The monoisotopic (exact) mass is 216 g/mol. The zero-order valence-electron chi connectivity index (χ0n) is 7.84. The number of anilines is 1. The quantitative estimate of drug-likeness (QED) is 0.852. The Morgan fingerprint density at radius 3 is 3.07 bits per heavy atom. The second-order valence-electron chi connectivity index (χ2n) is 2.86. The number of rotatable bonds is 3. The molecule has 0 amide bonds. The Bertz CT molecular complexity index is 472. The Kier molecular flexibility index (Phi) is 2.90. The van der Waals surface area contributed by atoms with Crippen molar-refractivity contribution in [3.05, 3.63) is 40.5 Å². The van der Waals surface area contributed by atoms with Crippen LogP contribution in [0.4, 0.5) is 5.82 Å². The number of hydrogen-bond donors (Lipinski definition) is 1. The van der Waals surface area contributed by atoms with Gasteiger partial charge in [0.25, 0.3) is 0 Å². The van der Waals surface area contributed by atoms with Gasteiger partial charge in [-0.25, -0.2) is 4.98 Å². The lowest BCUT2D eigenvalue weighted by atomic mass is 10.3. The van der Waals surface area contributed by atoms with Crippen molar-refractivity contribution in [1.82, 2.24) is 9.97 Å². The van der Waals surface area contributed by atoms with E-state index < -0.39 is 0 Å². The summed E-state index contributed by atoms with van der Waals surface area (Å²) in [5, 5.41) is 13.6. The molecule has 2 heterocycles. The van der Waals surface area contributed by atoms with Gasteiger partial charge in [-0.15, -0.1) is 11.3 Å². The minimum atomic E-state index is 0.672. The maximum absolute atomic E-state index is 8.65. The van der Waals surface area contributed by atoms with Crippen molar-refractivity contribution in [2.75, 3.05) is 5.32 Å². The highest BCUT2D eigenvalue weighted by molar-refractivity contribution is 7.10. The third kappa shape index (κ3) is 2.51. The molecule has 74 valence electrons. The molecule has 2 aromatic rings. The average Bonchev–Trinajstić information content (AvgIpc) is 2.76. The maximum Gasteiger partial charge on any atom is 0.144 e. The van der Waals surface area contributed by atoms with Gasteiger partial charge in [0.15, 0.2) is 0 Å². The van der Waals surface area contributed by atoms with Gasteiger partial charge in [-0.3, -0.25) is 4.98 Å². The van der Waals surface area contributed by atoms with Gasteiger partial charge in [0.1, 0.15) is 11.9 Å². The summed E-state index contributed by atoms with van der Waals surface area (Å²) in [5.74, 6) is 0.740. The highest BCUT2D eigenvalue weighted by Crippen LogP contribution is 2.14. The molecule has 5 heteroatoms. The molecule has 0 aromatic carbocycles. The van der Waals surface area contributed by atoms with Crippen LogP contribution >= 0.6 is 11.3 Å². The summed E-state index contributed by atoms with van der Waals surface area (Å²) in [6.07, 6.45) is 4.93. The summed E-state index contributed by atoms with van der Waals surface area (Å²) < 4.78 is 0. The van der Waals surface area contributed by atoms with E-state index in [1.54, 1.807) is 29.9 Å². The SMILES string of the molecule is N#Cc1csc(CNc2cnccn2)c1. The summed E-state index contributed by atoms with van der Waals surface area (Å²) in [4.78, 5) is 9.14. The van der Waals surface area contributed by atoms with Crippen molar-refractivity contribution in [1.29, 1.82) is 5.26 Å². The fourth-order valence-corrected chi connectivity index (χ4v) is 1.85. The molecule has 0 aliphatic rings. The van der Waals surface area contributed by atoms with Crippen molar-refractivity contribution in [2.45, 2.75) is 6.54 Å². The van der Waals surface area contributed by atoms with Gasteiger partial charge in [0.2, 0.25) is 0 Å². The lowest BCUT2D eigenvalue weighted by Gasteiger charge is -2.01. The van der Waals surface area contributed by atoms with Crippen molar-refractivity contribution in [3.63, 3.8) is 0 Å². The summed E-state index contributed by atoms with van der Waals surface area (Å²) in [7, 11) is 0. The summed E-state index contributed by atoms with van der Waals surface area (Å²) in [5.41, 5.74) is 0.705. The molecule has 0 unspecified atom stereocenters. The lowest BCUT2D eigenvalue weighted by molar-refractivity contribution is 1.11. The van der Waals surface area contributed by atoms with E-state index >= 15 is 0 Å². The van der Waals surface area contributed by atoms with Crippen LogP contribution < -0.4 is 5.32 Å². The van der Waals surface area contributed by atoms with E-state index in [4.69, 9.17) is 5.26 Å². The topological polar surface area (TPSA) is 61.6 Å². The zero-order chi connectivity index (χ0) is 10.5. The molecule has 0 bridgehead atoms. The molecule has 0 atom stereocenters. The molecule has 0 radical (unpaired) electrons. The molecule has 0 saturated heterocycles. The molecular weight excluding hydrogens is 208 g/mol. The van der Waals surface area contributed by atoms with E-state index in [-0.39, 0.29) is 0 Å². The second-order valence-corrected chi connectivity index (χ2v) is 3.85. The maximum atomic E-state index is 8.65. The normalized spacial score (nSPS) is 9.53. The number of thiophene rings is 1. The molecule has 1 N–H and O–H groups in total. The minimum Gasteiger partial charge on any atom is -0.364 e. The molecule has 0 fully saturated rings. The molecule has 15 heavy (non-hydrogen) atoms. The summed E-state index contributed by atoms with van der Waals surface area (Å²) in [6, 6.07) is 3.97. The standard InChI is InChI=1S/C10H8N4S/c11-4-8-3-9(15-7-8)5-14-10-6-12-1-2-13-10/h1-3,6-7H,5H2,(H,13,14). The van der Waals surface area contributed by atoms with Gasteiger partial charge in [0.05, 0.1) is 18.3 Å². The highest BCUT2D eigenvalue weighted by Gasteiger charge is 1.99. The van der Waals surface area contributed by atoms with Crippen molar-refractivity contribution in [2.24, 2.45) is 0 Å². The van der Waals surface area contributed by atoms with Crippen LogP contribution in [0.1, 0.15) is 10.4 Å². The zero-order valence-corrected chi connectivity index (χ0v) is 8.66. The Morgan fingerprint density at radius 2 is 2.40 bits per heavy atom. The first-order valence-electron chi connectivity index (χ1n) is 4.36. The van der Waals surface area contributed by atoms with Crippen molar-refractivity contribution >= 4 is 17.2 Å². The van der Waals surface area contributed by atoms with E-state index in [2.05, 4.69) is 21.4 Å². The van der Waals surface area contributed by atoms with Gasteiger partial charge in [-0.2, -0.15) is 5.26 Å².